The Bertz CT molecular complexity index is 377. The monoisotopic (exact) mass is 274 g/mol. The Labute approximate surface area is 96.2 Å². The van der Waals surface area contributed by atoms with E-state index in [4.69, 9.17) is 5.11 Å². The summed E-state index contributed by atoms with van der Waals surface area (Å²) in [7, 11) is 0. The molecule has 0 amide bonds. The second-order valence-corrected chi connectivity index (χ2v) is 4.49. The van der Waals surface area contributed by atoms with Crippen LogP contribution in [0.25, 0.3) is 0 Å². The largest absolute Gasteiger partial charge is 0.479 e. The van der Waals surface area contributed by atoms with Gasteiger partial charge in [0.25, 0.3) is 0 Å². The number of carboxylic acid groups (broad SMARTS) is 1. The van der Waals surface area contributed by atoms with E-state index in [1.165, 1.54) is 12.1 Å². The van der Waals surface area contributed by atoms with Crippen LogP contribution in [-0.2, 0) is 4.79 Å². The van der Waals surface area contributed by atoms with Gasteiger partial charge in [0.05, 0.1) is 0 Å². The molecular weight excluding hydrogens is 263 g/mol. The Morgan fingerprint density at radius 3 is 2.47 bits per heavy atom. The van der Waals surface area contributed by atoms with Crippen molar-refractivity contribution in [2.75, 3.05) is 0 Å². The zero-order valence-electron chi connectivity index (χ0n) is 8.50. The quantitative estimate of drug-likeness (QED) is 0.913. The van der Waals surface area contributed by atoms with Crippen LogP contribution in [0.3, 0.4) is 0 Å². The van der Waals surface area contributed by atoms with Crippen LogP contribution in [0.15, 0.2) is 22.7 Å². The fourth-order valence-electron chi connectivity index (χ4n) is 1.31. The van der Waals surface area contributed by atoms with E-state index < -0.39 is 12.1 Å². The number of halogens is 2. The van der Waals surface area contributed by atoms with Crippen molar-refractivity contribution in [3.63, 3.8) is 0 Å². The molecule has 1 N–H and O–H groups in total. The molecule has 2 nitrogen and oxygen atoms in total. The van der Waals surface area contributed by atoms with E-state index >= 15 is 0 Å². The van der Waals surface area contributed by atoms with Gasteiger partial charge in [0.1, 0.15) is 0 Å². The molecule has 0 spiro atoms. The number of aliphatic carboxylic acids is 1. The molecular formula is C11H12BrFO2. The Morgan fingerprint density at radius 2 is 2.07 bits per heavy atom. The molecule has 0 radical (unpaired) electrons. The standard InChI is InChI=1S/C11H12BrFO2/c1-6(2)8-4-3-7(5-9(8)12)10(13)11(14)15/h3-6,10H,1-2H3,(H,14,15). The Kier molecular flexibility index (Phi) is 3.85. The second kappa shape index (κ2) is 4.75. The van der Waals surface area contributed by atoms with Crippen molar-refractivity contribution in [2.45, 2.75) is 25.9 Å². The van der Waals surface area contributed by atoms with E-state index in [2.05, 4.69) is 15.9 Å². The number of carbonyl (C=O) groups is 1. The Morgan fingerprint density at radius 1 is 1.47 bits per heavy atom. The normalized spacial score (nSPS) is 12.9. The summed E-state index contributed by atoms with van der Waals surface area (Å²) in [6, 6.07) is 4.78. The van der Waals surface area contributed by atoms with Crippen molar-refractivity contribution >= 4 is 21.9 Å². The zero-order chi connectivity index (χ0) is 11.6. The van der Waals surface area contributed by atoms with Crippen molar-refractivity contribution in [3.8, 4) is 0 Å². The lowest BCUT2D eigenvalue weighted by atomic mass is 10.0. The maximum absolute atomic E-state index is 13.2. The van der Waals surface area contributed by atoms with Gasteiger partial charge in [-0.15, -0.1) is 0 Å². The lowest BCUT2D eigenvalue weighted by molar-refractivity contribution is -0.143. The van der Waals surface area contributed by atoms with Crippen LogP contribution >= 0.6 is 15.9 Å². The van der Waals surface area contributed by atoms with Gasteiger partial charge in [-0.2, -0.15) is 0 Å². The molecule has 82 valence electrons. The van der Waals surface area contributed by atoms with Crippen molar-refractivity contribution < 1.29 is 14.3 Å². The molecule has 1 aromatic rings. The van der Waals surface area contributed by atoms with Crippen molar-refractivity contribution in [2.24, 2.45) is 0 Å². The molecule has 1 aromatic carbocycles. The van der Waals surface area contributed by atoms with Crippen molar-refractivity contribution in [1.82, 2.24) is 0 Å². The molecule has 0 heterocycles. The van der Waals surface area contributed by atoms with Gasteiger partial charge in [0.2, 0.25) is 6.17 Å². The van der Waals surface area contributed by atoms with E-state index in [1.807, 2.05) is 13.8 Å². The minimum Gasteiger partial charge on any atom is -0.479 e. The number of rotatable bonds is 3. The van der Waals surface area contributed by atoms with Gasteiger partial charge in [-0.05, 0) is 23.1 Å². The zero-order valence-corrected chi connectivity index (χ0v) is 10.1. The lowest BCUT2D eigenvalue weighted by Gasteiger charge is -2.10. The second-order valence-electron chi connectivity index (χ2n) is 3.64. The van der Waals surface area contributed by atoms with E-state index in [-0.39, 0.29) is 5.56 Å². The maximum Gasteiger partial charge on any atom is 0.343 e. The minimum atomic E-state index is -1.96. The average Bonchev–Trinajstić information content (AvgIpc) is 2.15. The Balaban J connectivity index is 3.06. The first-order valence-electron chi connectivity index (χ1n) is 4.59. The van der Waals surface area contributed by atoms with Crippen molar-refractivity contribution in [1.29, 1.82) is 0 Å². The molecule has 1 unspecified atom stereocenters. The van der Waals surface area contributed by atoms with Crippen LogP contribution in [0.2, 0.25) is 0 Å². The molecule has 0 saturated carbocycles. The molecule has 0 saturated heterocycles. The summed E-state index contributed by atoms with van der Waals surface area (Å²) in [4.78, 5) is 10.4. The highest BCUT2D eigenvalue weighted by Gasteiger charge is 2.19. The van der Waals surface area contributed by atoms with Gasteiger partial charge in [-0.1, -0.05) is 41.9 Å². The van der Waals surface area contributed by atoms with Crippen LogP contribution in [0.4, 0.5) is 4.39 Å². The number of hydrogen-bond acceptors (Lipinski definition) is 1. The maximum atomic E-state index is 13.2. The topological polar surface area (TPSA) is 37.3 Å². The minimum absolute atomic E-state index is 0.166. The molecule has 0 aliphatic heterocycles. The van der Waals surface area contributed by atoms with E-state index in [0.29, 0.717) is 5.92 Å². The highest BCUT2D eigenvalue weighted by atomic mass is 79.9. The van der Waals surface area contributed by atoms with Gasteiger partial charge in [-0.3, -0.25) is 0 Å². The molecule has 0 aliphatic carbocycles. The number of hydrogen-bond donors (Lipinski definition) is 1. The van der Waals surface area contributed by atoms with Crippen LogP contribution in [0, 0.1) is 0 Å². The van der Waals surface area contributed by atoms with Gasteiger partial charge in [0, 0.05) is 4.47 Å². The number of benzene rings is 1. The number of alkyl halides is 1. The third-order valence-corrected chi connectivity index (χ3v) is 2.84. The summed E-state index contributed by atoms with van der Waals surface area (Å²) in [6.45, 7) is 4.04. The van der Waals surface area contributed by atoms with Crippen LogP contribution < -0.4 is 0 Å². The molecule has 1 atom stereocenters. The molecule has 0 aliphatic rings. The predicted molar refractivity (Wildman–Crippen MR) is 59.7 cm³/mol. The van der Waals surface area contributed by atoms with Gasteiger partial charge < -0.3 is 5.11 Å². The molecule has 1 rings (SSSR count). The highest BCUT2D eigenvalue weighted by Crippen LogP contribution is 2.28. The smallest absolute Gasteiger partial charge is 0.343 e. The molecule has 15 heavy (non-hydrogen) atoms. The SMILES string of the molecule is CC(C)c1ccc(C(F)C(=O)O)cc1Br. The summed E-state index contributed by atoms with van der Waals surface area (Å²) < 4.78 is 13.9. The first-order chi connectivity index (χ1) is 6.93. The summed E-state index contributed by atoms with van der Waals surface area (Å²) in [5.74, 6) is -1.14. The van der Waals surface area contributed by atoms with Gasteiger partial charge in [-0.25, -0.2) is 9.18 Å². The first kappa shape index (κ1) is 12.2. The summed E-state index contributed by atoms with van der Waals surface area (Å²) >= 11 is 3.31. The summed E-state index contributed by atoms with van der Waals surface area (Å²) in [6.07, 6.45) is -1.96. The molecule has 0 fully saturated rings. The summed E-state index contributed by atoms with van der Waals surface area (Å²) in [5.41, 5.74) is 1.20. The van der Waals surface area contributed by atoms with Crippen LogP contribution in [-0.4, -0.2) is 11.1 Å². The third-order valence-electron chi connectivity index (χ3n) is 2.16. The van der Waals surface area contributed by atoms with Crippen LogP contribution in [0.1, 0.15) is 37.1 Å². The van der Waals surface area contributed by atoms with E-state index in [9.17, 15) is 9.18 Å². The van der Waals surface area contributed by atoms with Gasteiger partial charge >= 0.3 is 5.97 Å². The van der Waals surface area contributed by atoms with Crippen molar-refractivity contribution in [3.05, 3.63) is 33.8 Å². The molecule has 4 heteroatoms. The average molecular weight is 275 g/mol. The third kappa shape index (κ3) is 2.78. The summed E-state index contributed by atoms with van der Waals surface area (Å²) in [5, 5.41) is 8.51. The fraction of sp³-hybridized carbons (Fsp3) is 0.364. The fourth-order valence-corrected chi connectivity index (χ4v) is 2.17. The first-order valence-corrected chi connectivity index (χ1v) is 5.39. The van der Waals surface area contributed by atoms with E-state index in [0.717, 1.165) is 10.0 Å². The van der Waals surface area contributed by atoms with Crippen LogP contribution in [0.5, 0.6) is 0 Å². The molecule has 0 bridgehead atoms. The number of carboxylic acids is 1. The molecule has 0 aromatic heterocycles. The Hall–Kier alpha value is -0.900. The highest BCUT2D eigenvalue weighted by molar-refractivity contribution is 9.10. The lowest BCUT2D eigenvalue weighted by Crippen LogP contribution is -2.06. The van der Waals surface area contributed by atoms with Gasteiger partial charge in [0.15, 0.2) is 0 Å². The predicted octanol–water partition coefficient (Wildman–Crippen LogP) is 3.67. The van der Waals surface area contributed by atoms with E-state index in [1.54, 1.807) is 6.07 Å².